The molecule has 0 bridgehead atoms. The van der Waals surface area contributed by atoms with Crippen LogP contribution in [0.15, 0.2) is 90.1 Å². The van der Waals surface area contributed by atoms with Gasteiger partial charge in [0, 0.05) is 48.3 Å². The first-order valence-corrected chi connectivity index (χ1v) is 13.3. The number of halogens is 1. The fraction of sp³-hybridized carbons (Fsp3) is 0.185. The monoisotopic (exact) mass is 531 g/mol. The number of nitrogens with zero attached hydrogens (tertiary/aromatic N) is 5. The van der Waals surface area contributed by atoms with Crippen LogP contribution in [0.4, 0.5) is 29.0 Å². The lowest BCUT2D eigenvalue weighted by atomic mass is 10.2. The van der Waals surface area contributed by atoms with E-state index < -0.39 is 0 Å². The van der Waals surface area contributed by atoms with Gasteiger partial charge in [0.2, 0.25) is 17.8 Å². The number of rotatable bonds is 8. The van der Waals surface area contributed by atoms with Crippen molar-refractivity contribution in [3.05, 3.63) is 90.0 Å². The maximum absolute atomic E-state index is 13.0. The van der Waals surface area contributed by atoms with Gasteiger partial charge in [-0.05, 0) is 42.5 Å². The first-order chi connectivity index (χ1) is 18.1. The minimum atomic E-state index is 0.0614. The molecule has 0 atom stereocenters. The fourth-order valence-corrected chi connectivity index (χ4v) is 4.86. The number of thioether (sulfide) groups is 1. The molecule has 1 aliphatic rings. The molecular formula is C27H26ClN7OS. The molecule has 10 heteroatoms. The van der Waals surface area contributed by atoms with E-state index in [9.17, 15) is 4.79 Å². The first-order valence-electron chi connectivity index (χ1n) is 11.9. The third kappa shape index (κ3) is 6.90. The number of hydrogen-bond donors (Lipinski definition) is 2. The van der Waals surface area contributed by atoms with Crippen molar-refractivity contribution in [3.63, 3.8) is 0 Å². The highest BCUT2D eigenvalue weighted by Crippen LogP contribution is 2.23. The van der Waals surface area contributed by atoms with Gasteiger partial charge in [0.05, 0.1) is 5.75 Å². The Kier molecular flexibility index (Phi) is 8.02. The van der Waals surface area contributed by atoms with E-state index >= 15 is 0 Å². The van der Waals surface area contributed by atoms with Crippen molar-refractivity contribution >= 4 is 58.2 Å². The normalized spacial score (nSPS) is 13.3. The third-order valence-electron chi connectivity index (χ3n) is 5.81. The molecule has 37 heavy (non-hydrogen) atoms. The summed E-state index contributed by atoms with van der Waals surface area (Å²) in [6.07, 6.45) is 0. The van der Waals surface area contributed by atoms with Crippen molar-refractivity contribution in [2.45, 2.75) is 5.16 Å². The number of amides is 1. The number of piperazine rings is 1. The van der Waals surface area contributed by atoms with E-state index in [1.165, 1.54) is 11.8 Å². The predicted octanol–water partition coefficient (Wildman–Crippen LogP) is 5.45. The average molecular weight is 532 g/mol. The Morgan fingerprint density at radius 1 is 0.784 bits per heavy atom. The molecule has 0 saturated carbocycles. The molecule has 4 aromatic rings. The number of aromatic nitrogens is 3. The lowest BCUT2D eigenvalue weighted by Crippen LogP contribution is -2.49. The van der Waals surface area contributed by atoms with Crippen LogP contribution in [0.1, 0.15) is 0 Å². The largest absolute Gasteiger partial charge is 0.368 e. The summed E-state index contributed by atoms with van der Waals surface area (Å²) in [6.45, 7) is 2.84. The van der Waals surface area contributed by atoms with Crippen LogP contribution < -0.4 is 15.5 Å². The second kappa shape index (κ2) is 11.9. The molecule has 3 aromatic carbocycles. The van der Waals surface area contributed by atoms with Crippen LogP contribution in [0, 0.1) is 0 Å². The molecular weight excluding hydrogens is 506 g/mol. The molecule has 8 nitrogen and oxygen atoms in total. The maximum Gasteiger partial charge on any atom is 0.233 e. The standard InChI is InChI=1S/C27H26ClN7OS/c28-20-8-7-13-23(18-20)34-14-16-35(17-15-34)24(36)19-37-27-32-25(29-21-9-3-1-4-10-21)31-26(33-27)30-22-11-5-2-6-12-22/h1-13,18H,14-17,19H2,(H2,29,30,31,32,33). The second-order valence-corrected chi connectivity index (χ2v) is 9.76. The summed E-state index contributed by atoms with van der Waals surface area (Å²) in [4.78, 5) is 30.7. The van der Waals surface area contributed by atoms with Gasteiger partial charge in [-0.15, -0.1) is 0 Å². The van der Waals surface area contributed by atoms with Crippen molar-refractivity contribution in [3.8, 4) is 0 Å². The number of carbonyl (C=O) groups is 1. The summed E-state index contributed by atoms with van der Waals surface area (Å²) in [7, 11) is 0. The summed E-state index contributed by atoms with van der Waals surface area (Å²) in [5.41, 5.74) is 2.81. The maximum atomic E-state index is 13.0. The molecule has 0 unspecified atom stereocenters. The third-order valence-corrected chi connectivity index (χ3v) is 6.87. The van der Waals surface area contributed by atoms with E-state index in [2.05, 4.69) is 30.5 Å². The van der Waals surface area contributed by atoms with Gasteiger partial charge in [-0.1, -0.05) is 65.8 Å². The van der Waals surface area contributed by atoms with Crippen LogP contribution in [0.3, 0.4) is 0 Å². The average Bonchev–Trinajstić information content (AvgIpc) is 2.93. The van der Waals surface area contributed by atoms with Crippen LogP contribution >= 0.6 is 23.4 Å². The van der Waals surface area contributed by atoms with Gasteiger partial charge in [-0.3, -0.25) is 4.79 Å². The molecule has 5 rings (SSSR count). The van der Waals surface area contributed by atoms with E-state index in [0.717, 1.165) is 30.2 Å². The minimum absolute atomic E-state index is 0.0614. The van der Waals surface area contributed by atoms with Gasteiger partial charge >= 0.3 is 0 Å². The highest BCUT2D eigenvalue weighted by atomic mass is 35.5. The van der Waals surface area contributed by atoms with Crippen LogP contribution in [0.2, 0.25) is 5.02 Å². The lowest BCUT2D eigenvalue weighted by Gasteiger charge is -2.36. The van der Waals surface area contributed by atoms with Crippen molar-refractivity contribution in [1.29, 1.82) is 0 Å². The van der Waals surface area contributed by atoms with Gasteiger partial charge < -0.3 is 20.4 Å². The zero-order chi connectivity index (χ0) is 25.5. The zero-order valence-electron chi connectivity index (χ0n) is 20.0. The SMILES string of the molecule is O=C(CSc1nc(Nc2ccccc2)nc(Nc2ccccc2)n1)N1CCN(c2cccc(Cl)c2)CC1. The Hall–Kier alpha value is -3.82. The van der Waals surface area contributed by atoms with Crippen molar-refractivity contribution in [2.24, 2.45) is 0 Å². The molecule has 0 spiro atoms. The zero-order valence-corrected chi connectivity index (χ0v) is 21.6. The first kappa shape index (κ1) is 24.9. The molecule has 0 radical (unpaired) electrons. The number of hydrogen-bond acceptors (Lipinski definition) is 8. The van der Waals surface area contributed by atoms with Crippen molar-refractivity contribution in [2.75, 3.05) is 47.5 Å². The molecule has 188 valence electrons. The van der Waals surface area contributed by atoms with Crippen LogP contribution in [0.5, 0.6) is 0 Å². The Balaban J connectivity index is 1.23. The Morgan fingerprint density at radius 3 is 1.95 bits per heavy atom. The fourth-order valence-electron chi connectivity index (χ4n) is 3.94. The number of anilines is 5. The number of benzene rings is 3. The highest BCUT2D eigenvalue weighted by Gasteiger charge is 2.22. The number of para-hydroxylation sites is 2. The summed E-state index contributed by atoms with van der Waals surface area (Å²) in [5, 5.41) is 7.63. The van der Waals surface area contributed by atoms with E-state index in [1.807, 2.05) is 89.8 Å². The topological polar surface area (TPSA) is 86.3 Å². The summed E-state index contributed by atoms with van der Waals surface area (Å²) in [6, 6.07) is 27.2. The Labute approximate surface area is 225 Å². The van der Waals surface area contributed by atoms with Crippen LogP contribution in [-0.2, 0) is 4.79 Å². The van der Waals surface area contributed by atoms with E-state index in [-0.39, 0.29) is 11.7 Å². The van der Waals surface area contributed by atoms with Gasteiger partial charge in [-0.25, -0.2) is 0 Å². The second-order valence-electron chi connectivity index (χ2n) is 8.38. The molecule has 1 saturated heterocycles. The van der Waals surface area contributed by atoms with Gasteiger partial charge in [0.25, 0.3) is 0 Å². The smallest absolute Gasteiger partial charge is 0.233 e. The molecule has 1 aliphatic heterocycles. The molecule has 2 N–H and O–H groups in total. The number of carbonyl (C=O) groups excluding carboxylic acids is 1. The molecule has 1 aromatic heterocycles. The lowest BCUT2D eigenvalue weighted by molar-refractivity contribution is -0.128. The van der Waals surface area contributed by atoms with Crippen molar-refractivity contribution < 1.29 is 4.79 Å². The quantitative estimate of drug-likeness (QED) is 0.290. The molecule has 1 amide bonds. The van der Waals surface area contributed by atoms with Crippen molar-refractivity contribution in [1.82, 2.24) is 19.9 Å². The highest BCUT2D eigenvalue weighted by molar-refractivity contribution is 7.99. The van der Waals surface area contributed by atoms with Gasteiger partial charge in [0.15, 0.2) is 5.16 Å². The van der Waals surface area contributed by atoms with E-state index in [4.69, 9.17) is 11.6 Å². The Bertz CT molecular complexity index is 1280. The van der Waals surface area contributed by atoms with E-state index in [0.29, 0.717) is 35.2 Å². The van der Waals surface area contributed by atoms with E-state index in [1.54, 1.807) is 0 Å². The summed E-state index contributed by atoms with van der Waals surface area (Å²) >= 11 is 7.44. The van der Waals surface area contributed by atoms with Crippen LogP contribution in [-0.4, -0.2) is 57.7 Å². The summed E-state index contributed by atoms with van der Waals surface area (Å²) in [5.74, 6) is 1.12. The molecule has 0 aliphatic carbocycles. The predicted molar refractivity (Wildman–Crippen MR) is 150 cm³/mol. The molecule has 1 fully saturated rings. The van der Waals surface area contributed by atoms with Crippen LogP contribution in [0.25, 0.3) is 0 Å². The van der Waals surface area contributed by atoms with Gasteiger partial charge in [-0.2, -0.15) is 15.0 Å². The number of nitrogens with one attached hydrogen (secondary N) is 2. The molecule has 2 heterocycles. The Morgan fingerprint density at radius 2 is 1.38 bits per heavy atom. The summed E-state index contributed by atoms with van der Waals surface area (Å²) < 4.78 is 0. The van der Waals surface area contributed by atoms with Gasteiger partial charge in [0.1, 0.15) is 0 Å². The minimum Gasteiger partial charge on any atom is -0.368 e.